The van der Waals surface area contributed by atoms with Crippen molar-refractivity contribution in [2.45, 2.75) is 24.4 Å². The molecule has 2 saturated heterocycles. The molecule has 0 amide bonds. The number of aromatic hydroxyl groups is 1. The van der Waals surface area contributed by atoms with E-state index in [4.69, 9.17) is 9.47 Å². The average molecular weight is 300 g/mol. The molecular weight excluding hydrogens is 287 g/mol. The minimum atomic E-state index is -0.675. The molecule has 2 fully saturated rings. The van der Waals surface area contributed by atoms with Crippen LogP contribution in [0, 0.1) is 5.82 Å². The van der Waals surface area contributed by atoms with E-state index >= 15 is 0 Å². The second-order valence-electron chi connectivity index (χ2n) is 5.48. The number of carbonyl (C=O) groups excluding carboxylic acids is 1. The van der Waals surface area contributed by atoms with Gasteiger partial charge in [-0.15, -0.1) is 0 Å². The smallest absolute Gasteiger partial charge is 0.198 e. The Bertz CT molecular complexity index is 731. The molecule has 2 aliphatic rings. The van der Waals surface area contributed by atoms with Gasteiger partial charge in [-0.3, -0.25) is 4.79 Å². The standard InChI is InChI=1S/C17H13FO4/c18-10-6-7-12(19)11(8-10)13(20)15-17(22-15)16-14(21-16)9-4-2-1-3-5-9/h1-8,14-17,19H. The third-order valence-electron chi connectivity index (χ3n) is 3.99. The predicted molar refractivity (Wildman–Crippen MR) is 75.1 cm³/mol. The summed E-state index contributed by atoms with van der Waals surface area (Å²) in [4.78, 5) is 12.3. The lowest BCUT2D eigenvalue weighted by atomic mass is 10.0. The molecule has 2 heterocycles. The van der Waals surface area contributed by atoms with Crippen LogP contribution in [0.4, 0.5) is 4.39 Å². The van der Waals surface area contributed by atoms with E-state index in [1.54, 1.807) is 0 Å². The highest BCUT2D eigenvalue weighted by atomic mass is 19.1. The lowest BCUT2D eigenvalue weighted by Crippen LogP contribution is -2.14. The third kappa shape index (κ3) is 2.28. The summed E-state index contributed by atoms with van der Waals surface area (Å²) in [6.45, 7) is 0. The predicted octanol–water partition coefficient (Wildman–Crippen LogP) is 2.62. The first-order chi connectivity index (χ1) is 10.6. The quantitative estimate of drug-likeness (QED) is 0.696. The van der Waals surface area contributed by atoms with Gasteiger partial charge in [-0.1, -0.05) is 30.3 Å². The van der Waals surface area contributed by atoms with E-state index in [0.717, 1.165) is 17.7 Å². The van der Waals surface area contributed by atoms with Crippen molar-refractivity contribution in [1.82, 2.24) is 0 Å². The van der Waals surface area contributed by atoms with Crippen LogP contribution in [0.25, 0.3) is 0 Å². The molecule has 0 bridgehead atoms. The van der Waals surface area contributed by atoms with E-state index < -0.39 is 17.7 Å². The van der Waals surface area contributed by atoms with Crippen LogP contribution in [0.15, 0.2) is 48.5 Å². The zero-order valence-electron chi connectivity index (χ0n) is 11.5. The maximum Gasteiger partial charge on any atom is 0.198 e. The third-order valence-corrected chi connectivity index (χ3v) is 3.99. The van der Waals surface area contributed by atoms with Gasteiger partial charge in [-0.2, -0.15) is 0 Å². The summed E-state index contributed by atoms with van der Waals surface area (Å²) < 4.78 is 24.2. The van der Waals surface area contributed by atoms with Crippen LogP contribution >= 0.6 is 0 Å². The largest absolute Gasteiger partial charge is 0.507 e. The first-order valence-corrected chi connectivity index (χ1v) is 7.04. The van der Waals surface area contributed by atoms with Gasteiger partial charge in [0.15, 0.2) is 5.78 Å². The van der Waals surface area contributed by atoms with Gasteiger partial charge >= 0.3 is 0 Å². The Morgan fingerprint density at radius 2 is 1.82 bits per heavy atom. The lowest BCUT2D eigenvalue weighted by Gasteiger charge is -2.01. The van der Waals surface area contributed by atoms with Crippen molar-refractivity contribution in [3.63, 3.8) is 0 Å². The number of carbonyl (C=O) groups is 1. The number of phenolic OH excluding ortho intramolecular Hbond substituents is 1. The monoisotopic (exact) mass is 300 g/mol. The van der Waals surface area contributed by atoms with Gasteiger partial charge < -0.3 is 14.6 Å². The van der Waals surface area contributed by atoms with Crippen molar-refractivity contribution in [3.8, 4) is 5.75 Å². The van der Waals surface area contributed by atoms with E-state index in [1.165, 1.54) is 6.07 Å². The second-order valence-corrected chi connectivity index (χ2v) is 5.48. The van der Waals surface area contributed by atoms with Gasteiger partial charge in [0, 0.05) is 0 Å². The van der Waals surface area contributed by atoms with E-state index in [2.05, 4.69) is 0 Å². The SMILES string of the molecule is O=C(c1cc(F)ccc1O)C1OC1C1OC1c1ccccc1. The Morgan fingerprint density at radius 1 is 1.05 bits per heavy atom. The van der Waals surface area contributed by atoms with Crippen molar-refractivity contribution in [1.29, 1.82) is 0 Å². The summed E-state index contributed by atoms with van der Waals surface area (Å²) in [5.41, 5.74) is 0.993. The number of rotatable bonds is 4. The van der Waals surface area contributed by atoms with E-state index in [1.807, 2.05) is 30.3 Å². The van der Waals surface area contributed by atoms with Gasteiger partial charge in [0.1, 0.15) is 36.0 Å². The molecule has 0 aromatic heterocycles. The van der Waals surface area contributed by atoms with Crippen molar-refractivity contribution in [3.05, 3.63) is 65.5 Å². The number of benzene rings is 2. The zero-order valence-corrected chi connectivity index (χ0v) is 11.5. The fraction of sp³-hybridized carbons (Fsp3) is 0.235. The fourth-order valence-corrected chi connectivity index (χ4v) is 2.73. The molecule has 0 radical (unpaired) electrons. The van der Waals surface area contributed by atoms with Gasteiger partial charge in [-0.05, 0) is 23.8 Å². The van der Waals surface area contributed by atoms with Gasteiger partial charge in [0.25, 0.3) is 0 Å². The summed E-state index contributed by atoms with van der Waals surface area (Å²) in [6, 6.07) is 13.0. The molecule has 0 saturated carbocycles. The second kappa shape index (κ2) is 4.90. The highest BCUT2D eigenvalue weighted by molar-refractivity contribution is 6.03. The van der Waals surface area contributed by atoms with Gasteiger partial charge in [-0.25, -0.2) is 4.39 Å². The fourth-order valence-electron chi connectivity index (χ4n) is 2.73. The van der Waals surface area contributed by atoms with E-state index in [9.17, 15) is 14.3 Å². The minimum Gasteiger partial charge on any atom is -0.507 e. The molecule has 2 aromatic rings. The molecule has 112 valence electrons. The Kier molecular flexibility index (Phi) is 2.99. The van der Waals surface area contributed by atoms with Gasteiger partial charge in [0.2, 0.25) is 0 Å². The molecule has 22 heavy (non-hydrogen) atoms. The molecule has 4 rings (SSSR count). The molecule has 0 aliphatic carbocycles. The maximum absolute atomic E-state index is 13.2. The average Bonchev–Trinajstić information content (AvgIpc) is 3.42. The molecule has 2 aliphatic heterocycles. The zero-order chi connectivity index (χ0) is 15.3. The number of Topliss-reactive ketones (excluding diaryl/α,β-unsaturated/α-hetero) is 1. The number of hydrogen-bond acceptors (Lipinski definition) is 4. The maximum atomic E-state index is 13.2. The highest BCUT2D eigenvalue weighted by Crippen LogP contribution is 2.48. The van der Waals surface area contributed by atoms with Crippen molar-refractivity contribution < 1.29 is 23.8 Å². The Labute approximate surface area is 126 Å². The summed E-state index contributed by atoms with van der Waals surface area (Å²) in [5, 5.41) is 9.68. The summed E-state index contributed by atoms with van der Waals surface area (Å²) >= 11 is 0. The topological polar surface area (TPSA) is 62.4 Å². The summed E-state index contributed by atoms with van der Waals surface area (Å²) in [6.07, 6.45) is -1.23. The van der Waals surface area contributed by atoms with Crippen LogP contribution in [0.5, 0.6) is 5.75 Å². The van der Waals surface area contributed by atoms with Crippen LogP contribution in [0.2, 0.25) is 0 Å². The van der Waals surface area contributed by atoms with Crippen molar-refractivity contribution in [2.24, 2.45) is 0 Å². The molecular formula is C17H13FO4. The first-order valence-electron chi connectivity index (χ1n) is 7.04. The van der Waals surface area contributed by atoms with Crippen molar-refractivity contribution >= 4 is 5.78 Å². The molecule has 1 N–H and O–H groups in total. The van der Waals surface area contributed by atoms with Crippen LogP contribution < -0.4 is 0 Å². The van der Waals surface area contributed by atoms with Crippen LogP contribution in [0.3, 0.4) is 0 Å². The molecule has 4 unspecified atom stereocenters. The summed E-state index contributed by atoms with van der Waals surface area (Å²) in [5.74, 6) is -1.22. The molecule has 5 heteroatoms. The number of halogens is 1. The Balaban J connectivity index is 1.45. The number of phenols is 1. The van der Waals surface area contributed by atoms with E-state index in [-0.39, 0.29) is 29.6 Å². The van der Waals surface area contributed by atoms with E-state index in [0.29, 0.717) is 0 Å². The lowest BCUT2D eigenvalue weighted by molar-refractivity contribution is 0.0950. The normalized spacial score (nSPS) is 29.1. The number of hydrogen-bond donors (Lipinski definition) is 1. The van der Waals surface area contributed by atoms with Crippen LogP contribution in [-0.4, -0.2) is 29.2 Å². The Morgan fingerprint density at radius 3 is 2.59 bits per heavy atom. The highest BCUT2D eigenvalue weighted by Gasteiger charge is 2.60. The first kappa shape index (κ1) is 13.4. The number of epoxide rings is 2. The van der Waals surface area contributed by atoms with Crippen LogP contribution in [0.1, 0.15) is 22.0 Å². The molecule has 4 atom stereocenters. The molecule has 2 aromatic carbocycles. The van der Waals surface area contributed by atoms with Gasteiger partial charge in [0.05, 0.1) is 5.56 Å². The molecule has 0 spiro atoms. The minimum absolute atomic E-state index is 0.0515. The van der Waals surface area contributed by atoms with Crippen LogP contribution in [-0.2, 0) is 9.47 Å². The number of ketones is 1. The summed E-state index contributed by atoms with van der Waals surface area (Å²) in [7, 11) is 0. The molecule has 4 nitrogen and oxygen atoms in total. The van der Waals surface area contributed by atoms with Crippen molar-refractivity contribution in [2.75, 3.05) is 0 Å². The Hall–Kier alpha value is -2.24. The number of ether oxygens (including phenoxy) is 2.